The summed E-state index contributed by atoms with van der Waals surface area (Å²) in [5.74, 6) is 2.13. The van der Waals surface area contributed by atoms with Crippen LogP contribution >= 0.6 is 12.6 Å². The Bertz CT molecular complexity index is 577. The molecule has 1 fully saturated rings. The van der Waals surface area contributed by atoms with Gasteiger partial charge in [0.15, 0.2) is 0 Å². The SMILES string of the molecule is CCC1CCC(C(C)CCC(=O)NCNCc2ccccc2)C1(C)C(C)S. The number of carbonyl (C=O) groups is 1. The lowest BCUT2D eigenvalue weighted by Crippen LogP contribution is -2.39. The largest absolute Gasteiger partial charge is 0.344 e. The maximum Gasteiger partial charge on any atom is 0.220 e. The Kier molecular flexibility index (Phi) is 8.68. The number of rotatable bonds is 10. The van der Waals surface area contributed by atoms with Gasteiger partial charge in [0.1, 0.15) is 0 Å². The van der Waals surface area contributed by atoms with Crippen LogP contribution in [0.15, 0.2) is 30.3 Å². The van der Waals surface area contributed by atoms with Gasteiger partial charge in [-0.25, -0.2) is 0 Å². The average molecular weight is 391 g/mol. The molecule has 5 atom stereocenters. The quantitative estimate of drug-likeness (QED) is 0.298. The van der Waals surface area contributed by atoms with E-state index in [1.807, 2.05) is 18.2 Å². The lowest BCUT2D eigenvalue weighted by Gasteiger charge is -2.43. The van der Waals surface area contributed by atoms with Crippen LogP contribution in [-0.2, 0) is 11.3 Å². The molecule has 0 aliphatic heterocycles. The van der Waals surface area contributed by atoms with Crippen LogP contribution in [0.3, 0.4) is 0 Å². The first-order valence-corrected chi connectivity index (χ1v) is 11.1. The zero-order chi connectivity index (χ0) is 19.9. The topological polar surface area (TPSA) is 41.1 Å². The Hall–Kier alpha value is -1.00. The van der Waals surface area contributed by atoms with E-state index >= 15 is 0 Å². The minimum atomic E-state index is 0.146. The molecule has 3 nitrogen and oxygen atoms in total. The van der Waals surface area contributed by atoms with Crippen LogP contribution < -0.4 is 10.6 Å². The molecule has 0 radical (unpaired) electrons. The third-order valence-electron chi connectivity index (χ3n) is 6.99. The van der Waals surface area contributed by atoms with E-state index in [4.69, 9.17) is 12.6 Å². The molecule has 1 aliphatic rings. The van der Waals surface area contributed by atoms with Gasteiger partial charge in [0.05, 0.1) is 6.67 Å². The van der Waals surface area contributed by atoms with Crippen LogP contribution in [-0.4, -0.2) is 17.8 Å². The highest BCUT2D eigenvalue weighted by molar-refractivity contribution is 7.81. The lowest BCUT2D eigenvalue weighted by atomic mass is 9.66. The molecule has 0 heterocycles. The molecular formula is C23H38N2OS. The number of hydrogen-bond donors (Lipinski definition) is 3. The second-order valence-corrected chi connectivity index (χ2v) is 9.31. The molecule has 0 spiro atoms. The van der Waals surface area contributed by atoms with Crippen molar-refractivity contribution in [3.8, 4) is 0 Å². The smallest absolute Gasteiger partial charge is 0.220 e. The van der Waals surface area contributed by atoms with Crippen molar-refractivity contribution < 1.29 is 4.79 Å². The lowest BCUT2D eigenvalue weighted by molar-refractivity contribution is -0.121. The van der Waals surface area contributed by atoms with Crippen molar-refractivity contribution in [2.24, 2.45) is 23.2 Å². The van der Waals surface area contributed by atoms with Crippen molar-refractivity contribution >= 4 is 18.5 Å². The van der Waals surface area contributed by atoms with Crippen molar-refractivity contribution in [3.05, 3.63) is 35.9 Å². The van der Waals surface area contributed by atoms with Gasteiger partial charge in [-0.1, -0.05) is 64.4 Å². The third kappa shape index (κ3) is 5.74. The van der Waals surface area contributed by atoms with E-state index in [1.165, 1.54) is 24.8 Å². The molecule has 5 unspecified atom stereocenters. The molecule has 2 N–H and O–H groups in total. The summed E-state index contributed by atoms with van der Waals surface area (Å²) in [6.45, 7) is 10.6. The predicted octanol–water partition coefficient (Wildman–Crippen LogP) is 5.03. The van der Waals surface area contributed by atoms with Gasteiger partial charge in [0.2, 0.25) is 5.91 Å². The van der Waals surface area contributed by atoms with E-state index in [-0.39, 0.29) is 11.3 Å². The fraction of sp³-hybridized carbons (Fsp3) is 0.696. The number of amides is 1. The molecule has 1 aromatic carbocycles. The summed E-state index contributed by atoms with van der Waals surface area (Å²) in [5.41, 5.74) is 1.51. The molecule has 2 rings (SSSR count). The highest BCUT2D eigenvalue weighted by Gasteiger charge is 2.49. The summed E-state index contributed by atoms with van der Waals surface area (Å²) in [7, 11) is 0. The summed E-state index contributed by atoms with van der Waals surface area (Å²) in [5, 5.41) is 6.67. The normalized spacial score (nSPS) is 27.3. The first-order valence-electron chi connectivity index (χ1n) is 10.6. The van der Waals surface area contributed by atoms with Crippen LogP contribution in [0.2, 0.25) is 0 Å². The monoisotopic (exact) mass is 390 g/mol. The van der Waals surface area contributed by atoms with Crippen LogP contribution in [0, 0.1) is 23.2 Å². The van der Waals surface area contributed by atoms with E-state index in [0.29, 0.717) is 30.2 Å². The van der Waals surface area contributed by atoms with Gasteiger partial charge in [-0.15, -0.1) is 0 Å². The number of thiol groups is 1. The third-order valence-corrected chi connectivity index (χ3v) is 7.55. The fourth-order valence-electron chi connectivity index (χ4n) is 5.11. The van der Waals surface area contributed by atoms with Crippen molar-refractivity contribution in [1.82, 2.24) is 10.6 Å². The molecule has 1 amide bonds. The molecule has 1 aliphatic carbocycles. The highest BCUT2D eigenvalue weighted by Crippen LogP contribution is 2.56. The predicted molar refractivity (Wildman–Crippen MR) is 118 cm³/mol. The van der Waals surface area contributed by atoms with Crippen molar-refractivity contribution in [2.45, 2.75) is 71.6 Å². The zero-order valence-corrected chi connectivity index (χ0v) is 18.4. The fourth-order valence-corrected chi connectivity index (χ4v) is 5.51. The van der Waals surface area contributed by atoms with Crippen molar-refractivity contribution in [1.29, 1.82) is 0 Å². The maximum atomic E-state index is 12.2. The molecule has 1 aromatic rings. The first-order chi connectivity index (χ1) is 12.9. The second kappa shape index (κ2) is 10.5. The Balaban J connectivity index is 1.72. The Morgan fingerprint density at radius 3 is 2.59 bits per heavy atom. The number of nitrogens with one attached hydrogen (secondary N) is 2. The van der Waals surface area contributed by atoms with E-state index < -0.39 is 0 Å². The molecule has 0 bridgehead atoms. The van der Waals surface area contributed by atoms with E-state index in [0.717, 1.165) is 18.9 Å². The Morgan fingerprint density at radius 1 is 1.26 bits per heavy atom. The molecule has 4 heteroatoms. The van der Waals surface area contributed by atoms with Crippen LogP contribution in [0.1, 0.15) is 65.4 Å². The number of hydrogen-bond acceptors (Lipinski definition) is 3. The molecule has 0 saturated heterocycles. The first kappa shape index (κ1) is 22.3. The summed E-state index contributed by atoms with van der Waals surface area (Å²) < 4.78 is 0. The number of carbonyl (C=O) groups excluding carboxylic acids is 1. The second-order valence-electron chi connectivity index (χ2n) is 8.54. The highest BCUT2D eigenvalue weighted by atomic mass is 32.1. The molecule has 152 valence electrons. The van der Waals surface area contributed by atoms with Gasteiger partial charge in [0.25, 0.3) is 0 Å². The molecule has 1 saturated carbocycles. The summed E-state index contributed by atoms with van der Waals surface area (Å²) in [6, 6.07) is 10.2. The zero-order valence-electron chi connectivity index (χ0n) is 17.5. The summed E-state index contributed by atoms with van der Waals surface area (Å²) in [6.07, 6.45) is 5.39. The van der Waals surface area contributed by atoms with E-state index in [1.54, 1.807) is 0 Å². The molecular weight excluding hydrogens is 352 g/mol. The van der Waals surface area contributed by atoms with Gasteiger partial charge in [0, 0.05) is 18.2 Å². The van der Waals surface area contributed by atoms with Gasteiger partial charge in [-0.3, -0.25) is 10.1 Å². The van der Waals surface area contributed by atoms with Crippen LogP contribution in [0.4, 0.5) is 0 Å². The summed E-state index contributed by atoms with van der Waals surface area (Å²) in [4.78, 5) is 12.2. The maximum absolute atomic E-state index is 12.2. The van der Waals surface area contributed by atoms with Crippen LogP contribution in [0.5, 0.6) is 0 Å². The Labute approximate surface area is 171 Å². The van der Waals surface area contributed by atoms with Crippen molar-refractivity contribution in [2.75, 3.05) is 6.67 Å². The average Bonchev–Trinajstić information content (AvgIpc) is 3.02. The summed E-state index contributed by atoms with van der Waals surface area (Å²) >= 11 is 4.85. The standard InChI is InChI=1S/C23H38N2OS/c1-5-20-12-13-21(23(20,4)18(3)27)17(2)11-14-22(26)25-16-24-15-19-9-7-6-8-10-19/h6-10,17-18,20-21,24,27H,5,11-16H2,1-4H3,(H,25,26). The minimum absolute atomic E-state index is 0.146. The number of benzene rings is 1. The van der Waals surface area contributed by atoms with Gasteiger partial charge >= 0.3 is 0 Å². The van der Waals surface area contributed by atoms with Crippen molar-refractivity contribution in [3.63, 3.8) is 0 Å². The van der Waals surface area contributed by atoms with Gasteiger partial charge in [-0.05, 0) is 48.0 Å². The van der Waals surface area contributed by atoms with E-state index in [2.05, 4.69) is 50.5 Å². The van der Waals surface area contributed by atoms with Crippen LogP contribution in [0.25, 0.3) is 0 Å². The minimum Gasteiger partial charge on any atom is -0.344 e. The molecule has 27 heavy (non-hydrogen) atoms. The van der Waals surface area contributed by atoms with E-state index in [9.17, 15) is 4.79 Å². The van der Waals surface area contributed by atoms with Gasteiger partial charge in [-0.2, -0.15) is 12.6 Å². The van der Waals surface area contributed by atoms with Gasteiger partial charge < -0.3 is 5.32 Å². The molecule has 0 aromatic heterocycles. The Morgan fingerprint density at radius 2 is 1.96 bits per heavy atom.